The highest BCUT2D eigenvalue weighted by atomic mass is 127. The molecule has 1 rings (SSSR count). The smallest absolute Gasteiger partial charge is 0.404 e. The summed E-state index contributed by atoms with van der Waals surface area (Å²) in [5.41, 5.74) is 0. The number of hydrogen-bond donors (Lipinski definition) is 2. The Morgan fingerprint density at radius 2 is 2.50 bits per heavy atom. The zero-order valence-electron chi connectivity index (χ0n) is 7.83. The molecular formula is C8H12IN3O2. The zero-order valence-corrected chi connectivity index (χ0v) is 9.98. The van der Waals surface area contributed by atoms with Crippen molar-refractivity contribution in [3.05, 3.63) is 15.7 Å². The summed E-state index contributed by atoms with van der Waals surface area (Å²) >= 11 is 2.21. The summed E-state index contributed by atoms with van der Waals surface area (Å²) in [6, 6.07) is 0. The molecule has 0 saturated heterocycles. The van der Waals surface area contributed by atoms with Crippen LogP contribution in [0.25, 0.3) is 0 Å². The van der Waals surface area contributed by atoms with E-state index in [1.54, 1.807) is 6.20 Å². The van der Waals surface area contributed by atoms with Crippen LogP contribution in [-0.2, 0) is 6.54 Å². The van der Waals surface area contributed by atoms with E-state index in [0.29, 0.717) is 6.54 Å². The van der Waals surface area contributed by atoms with Gasteiger partial charge in [-0.15, -0.1) is 0 Å². The van der Waals surface area contributed by atoms with E-state index < -0.39 is 6.09 Å². The molecule has 0 aliphatic heterocycles. The van der Waals surface area contributed by atoms with E-state index in [2.05, 4.69) is 37.5 Å². The number of nitrogens with zero attached hydrogens (tertiary/aromatic N) is 2. The van der Waals surface area contributed by atoms with Crippen molar-refractivity contribution in [1.29, 1.82) is 0 Å². The molecule has 14 heavy (non-hydrogen) atoms. The third-order valence-corrected chi connectivity index (χ3v) is 2.70. The Morgan fingerprint density at radius 3 is 3.00 bits per heavy atom. The van der Waals surface area contributed by atoms with Gasteiger partial charge >= 0.3 is 6.09 Å². The molecule has 0 atom stereocenters. The molecule has 1 amide bonds. The van der Waals surface area contributed by atoms with Gasteiger partial charge in [0.05, 0.1) is 9.90 Å². The summed E-state index contributed by atoms with van der Waals surface area (Å²) in [4.78, 5) is 14.3. The number of carboxylic acid groups (broad SMARTS) is 1. The van der Waals surface area contributed by atoms with Gasteiger partial charge < -0.3 is 15.0 Å². The predicted molar refractivity (Wildman–Crippen MR) is 60.3 cm³/mol. The average molecular weight is 309 g/mol. The molecule has 1 aromatic heterocycles. The number of rotatable bonds is 4. The van der Waals surface area contributed by atoms with Crippen LogP contribution in [0.1, 0.15) is 12.2 Å². The van der Waals surface area contributed by atoms with Gasteiger partial charge in [-0.2, -0.15) is 0 Å². The van der Waals surface area contributed by atoms with Gasteiger partial charge in [-0.25, -0.2) is 9.78 Å². The minimum Gasteiger partial charge on any atom is -0.465 e. The fourth-order valence-electron chi connectivity index (χ4n) is 1.14. The van der Waals surface area contributed by atoms with Crippen LogP contribution in [0.15, 0.2) is 6.20 Å². The monoisotopic (exact) mass is 309 g/mol. The number of carbonyl (C=O) groups is 1. The molecule has 0 aliphatic rings. The van der Waals surface area contributed by atoms with Gasteiger partial charge in [0.15, 0.2) is 0 Å². The number of aromatic nitrogens is 2. The van der Waals surface area contributed by atoms with Crippen LogP contribution in [0.2, 0.25) is 0 Å². The summed E-state index contributed by atoms with van der Waals surface area (Å²) in [6.07, 6.45) is 1.61. The van der Waals surface area contributed by atoms with E-state index in [1.807, 2.05) is 6.92 Å². The minimum atomic E-state index is -0.970. The van der Waals surface area contributed by atoms with Crippen LogP contribution in [-0.4, -0.2) is 27.3 Å². The van der Waals surface area contributed by atoms with Crippen molar-refractivity contribution in [3.63, 3.8) is 0 Å². The molecule has 0 aromatic carbocycles. The molecule has 0 aliphatic carbocycles. The van der Waals surface area contributed by atoms with E-state index >= 15 is 0 Å². The van der Waals surface area contributed by atoms with E-state index in [-0.39, 0.29) is 0 Å². The van der Waals surface area contributed by atoms with Crippen molar-refractivity contribution in [2.75, 3.05) is 6.54 Å². The molecule has 6 heteroatoms. The Labute approximate surface area is 95.7 Å². The summed E-state index contributed by atoms with van der Waals surface area (Å²) in [7, 11) is 0. The second-order valence-electron chi connectivity index (χ2n) is 2.87. The lowest BCUT2D eigenvalue weighted by Gasteiger charge is -2.06. The fraction of sp³-hybridized carbons (Fsp3) is 0.500. The molecule has 0 bridgehead atoms. The first-order valence-corrected chi connectivity index (χ1v) is 5.33. The van der Waals surface area contributed by atoms with Crippen molar-refractivity contribution in [2.45, 2.75) is 19.9 Å². The van der Waals surface area contributed by atoms with Crippen LogP contribution in [0.3, 0.4) is 0 Å². The van der Waals surface area contributed by atoms with Gasteiger partial charge in [-0.3, -0.25) is 0 Å². The van der Waals surface area contributed by atoms with Gasteiger partial charge in [0, 0.05) is 13.1 Å². The maximum absolute atomic E-state index is 10.2. The Kier molecular flexibility index (Phi) is 4.18. The SMILES string of the molecule is Cc1ncc(I)n1CCCNC(=O)O. The number of hydrogen-bond acceptors (Lipinski definition) is 2. The molecule has 1 aromatic rings. The number of halogens is 1. The Hall–Kier alpha value is -0.790. The molecule has 0 unspecified atom stereocenters. The standard InChI is InChI=1S/C8H12IN3O2/c1-6-11-5-7(9)12(6)4-2-3-10-8(13)14/h5,10H,2-4H2,1H3,(H,13,14). The van der Waals surface area contributed by atoms with Gasteiger partial charge in [0.2, 0.25) is 0 Å². The van der Waals surface area contributed by atoms with Gasteiger partial charge in [-0.1, -0.05) is 0 Å². The maximum Gasteiger partial charge on any atom is 0.404 e. The summed E-state index contributed by atoms with van der Waals surface area (Å²) in [5.74, 6) is 0.963. The molecule has 2 N–H and O–H groups in total. The molecule has 0 radical (unpaired) electrons. The summed E-state index contributed by atoms with van der Waals surface area (Å²) in [6.45, 7) is 3.21. The lowest BCUT2D eigenvalue weighted by Crippen LogP contribution is -2.23. The van der Waals surface area contributed by atoms with Crippen molar-refractivity contribution in [1.82, 2.24) is 14.9 Å². The molecule has 0 saturated carbocycles. The third kappa shape index (κ3) is 3.17. The highest BCUT2D eigenvalue weighted by Crippen LogP contribution is 2.07. The number of nitrogens with one attached hydrogen (secondary N) is 1. The van der Waals surface area contributed by atoms with E-state index in [0.717, 1.165) is 22.5 Å². The Balaban J connectivity index is 2.34. The Morgan fingerprint density at radius 1 is 1.79 bits per heavy atom. The van der Waals surface area contributed by atoms with Crippen molar-refractivity contribution < 1.29 is 9.90 Å². The van der Waals surface area contributed by atoms with Crippen LogP contribution in [0, 0.1) is 10.6 Å². The minimum absolute atomic E-state index is 0.475. The van der Waals surface area contributed by atoms with Gasteiger partial charge in [-0.05, 0) is 35.9 Å². The fourth-order valence-corrected chi connectivity index (χ4v) is 1.87. The number of imidazole rings is 1. The van der Waals surface area contributed by atoms with Crippen molar-refractivity contribution in [3.8, 4) is 0 Å². The molecule has 5 nitrogen and oxygen atoms in total. The topological polar surface area (TPSA) is 67.2 Å². The molecule has 78 valence electrons. The maximum atomic E-state index is 10.2. The zero-order chi connectivity index (χ0) is 10.6. The molecule has 1 heterocycles. The van der Waals surface area contributed by atoms with Crippen LogP contribution in [0.4, 0.5) is 4.79 Å². The summed E-state index contributed by atoms with van der Waals surface area (Å²) < 4.78 is 3.14. The van der Waals surface area contributed by atoms with Crippen LogP contribution < -0.4 is 5.32 Å². The lowest BCUT2D eigenvalue weighted by molar-refractivity contribution is 0.194. The molecule has 0 spiro atoms. The average Bonchev–Trinajstić information content (AvgIpc) is 2.42. The first kappa shape index (κ1) is 11.3. The van der Waals surface area contributed by atoms with Crippen LogP contribution in [0.5, 0.6) is 0 Å². The van der Waals surface area contributed by atoms with Crippen LogP contribution >= 0.6 is 22.6 Å². The van der Waals surface area contributed by atoms with Gasteiger partial charge in [0.25, 0.3) is 0 Å². The second-order valence-corrected chi connectivity index (χ2v) is 3.97. The van der Waals surface area contributed by atoms with E-state index in [1.165, 1.54) is 0 Å². The highest BCUT2D eigenvalue weighted by molar-refractivity contribution is 14.1. The lowest BCUT2D eigenvalue weighted by atomic mass is 10.4. The largest absolute Gasteiger partial charge is 0.465 e. The third-order valence-electron chi connectivity index (χ3n) is 1.84. The molecule has 0 fully saturated rings. The van der Waals surface area contributed by atoms with Crippen molar-refractivity contribution >= 4 is 28.7 Å². The van der Waals surface area contributed by atoms with E-state index in [9.17, 15) is 4.79 Å². The number of amides is 1. The second kappa shape index (κ2) is 5.18. The predicted octanol–water partition coefficient (Wildman–Crippen LogP) is 1.45. The Bertz CT molecular complexity index is 305. The first-order chi connectivity index (χ1) is 6.61. The van der Waals surface area contributed by atoms with E-state index in [4.69, 9.17) is 5.11 Å². The highest BCUT2D eigenvalue weighted by Gasteiger charge is 2.02. The number of aryl methyl sites for hydroxylation is 1. The first-order valence-electron chi connectivity index (χ1n) is 4.25. The quantitative estimate of drug-likeness (QED) is 0.653. The normalized spacial score (nSPS) is 10.1. The summed E-state index contributed by atoms with van der Waals surface area (Å²) in [5, 5.41) is 10.7. The van der Waals surface area contributed by atoms with Gasteiger partial charge in [0.1, 0.15) is 5.82 Å². The van der Waals surface area contributed by atoms with Crippen molar-refractivity contribution in [2.24, 2.45) is 0 Å². The molecular weight excluding hydrogens is 297 g/mol.